The van der Waals surface area contributed by atoms with Crippen molar-refractivity contribution in [2.75, 3.05) is 19.6 Å². The molecule has 4 nitrogen and oxygen atoms in total. The van der Waals surface area contributed by atoms with Crippen LogP contribution in [0.4, 0.5) is 0 Å². The zero-order valence-corrected chi connectivity index (χ0v) is 11.4. The molecule has 1 unspecified atom stereocenters. The summed E-state index contributed by atoms with van der Waals surface area (Å²) in [5.74, 6) is 0.114. The van der Waals surface area contributed by atoms with Gasteiger partial charge >= 0.3 is 0 Å². The van der Waals surface area contributed by atoms with Crippen molar-refractivity contribution in [1.82, 2.24) is 10.2 Å². The fourth-order valence-electron chi connectivity index (χ4n) is 2.74. The summed E-state index contributed by atoms with van der Waals surface area (Å²) in [7, 11) is 0. The summed E-state index contributed by atoms with van der Waals surface area (Å²) >= 11 is 0. The fraction of sp³-hybridized carbons (Fsp3) is 0.429. The third kappa shape index (κ3) is 2.51. The highest BCUT2D eigenvalue weighted by Gasteiger charge is 2.36. The van der Waals surface area contributed by atoms with E-state index in [2.05, 4.69) is 5.32 Å². The van der Waals surface area contributed by atoms with Crippen molar-refractivity contribution in [3.63, 3.8) is 0 Å². The Hall–Kier alpha value is -1.39. The first kappa shape index (κ1) is 14.0. The van der Waals surface area contributed by atoms with Crippen LogP contribution >= 0.6 is 12.4 Å². The quantitative estimate of drug-likeness (QED) is 0.839. The van der Waals surface area contributed by atoms with Crippen LogP contribution in [0.3, 0.4) is 0 Å². The summed E-state index contributed by atoms with van der Waals surface area (Å²) in [6, 6.07) is 7.06. The molecule has 2 aliphatic heterocycles. The number of fused-ring (bicyclic) bond motifs is 1. The molecule has 5 heteroatoms. The van der Waals surface area contributed by atoms with Gasteiger partial charge < -0.3 is 5.32 Å². The van der Waals surface area contributed by atoms with Gasteiger partial charge in [0.05, 0.1) is 11.1 Å². The summed E-state index contributed by atoms with van der Waals surface area (Å²) in [5.41, 5.74) is 1.09. The molecule has 3 rings (SSSR count). The maximum absolute atomic E-state index is 12.2. The molecule has 2 heterocycles. The zero-order valence-electron chi connectivity index (χ0n) is 10.6. The van der Waals surface area contributed by atoms with E-state index in [1.54, 1.807) is 24.3 Å². The third-order valence-electron chi connectivity index (χ3n) is 3.72. The molecule has 0 radical (unpaired) electrons. The first-order valence-corrected chi connectivity index (χ1v) is 6.43. The number of imide groups is 1. The van der Waals surface area contributed by atoms with Crippen LogP contribution in [-0.4, -0.2) is 36.3 Å². The molecule has 1 N–H and O–H groups in total. The van der Waals surface area contributed by atoms with E-state index in [9.17, 15) is 9.59 Å². The molecule has 1 saturated heterocycles. The highest BCUT2D eigenvalue weighted by Crippen LogP contribution is 2.24. The Bertz CT molecular complexity index is 463. The van der Waals surface area contributed by atoms with E-state index in [0.717, 1.165) is 25.9 Å². The number of benzene rings is 1. The number of carbonyl (C=O) groups is 2. The van der Waals surface area contributed by atoms with Crippen molar-refractivity contribution in [2.45, 2.75) is 12.8 Å². The van der Waals surface area contributed by atoms with Gasteiger partial charge in [-0.3, -0.25) is 14.5 Å². The number of carbonyl (C=O) groups excluding carboxylic acids is 2. The molecule has 1 fully saturated rings. The van der Waals surface area contributed by atoms with Crippen LogP contribution in [0.1, 0.15) is 33.6 Å². The Labute approximate surface area is 118 Å². The minimum atomic E-state index is -0.138. The minimum Gasteiger partial charge on any atom is -0.316 e. The number of rotatable bonds is 2. The molecular formula is C14H17ClN2O2. The van der Waals surface area contributed by atoms with Gasteiger partial charge in [-0.25, -0.2) is 0 Å². The summed E-state index contributed by atoms with van der Waals surface area (Å²) in [4.78, 5) is 25.7. The number of hydrogen-bond acceptors (Lipinski definition) is 3. The number of piperidine rings is 1. The van der Waals surface area contributed by atoms with Crippen LogP contribution in [0.25, 0.3) is 0 Å². The van der Waals surface area contributed by atoms with Gasteiger partial charge in [0.15, 0.2) is 0 Å². The standard InChI is InChI=1S/C14H16N2O2.ClH/c17-13-11-5-1-2-6-12(11)14(18)16(13)9-10-4-3-7-15-8-10;/h1-2,5-6,10,15H,3-4,7-9H2;1H. The zero-order chi connectivity index (χ0) is 12.5. The van der Waals surface area contributed by atoms with Crippen LogP contribution < -0.4 is 5.32 Å². The summed E-state index contributed by atoms with van der Waals surface area (Å²) in [5, 5.41) is 3.31. The van der Waals surface area contributed by atoms with Gasteiger partial charge in [-0.15, -0.1) is 12.4 Å². The molecular weight excluding hydrogens is 264 g/mol. The SMILES string of the molecule is Cl.O=C1c2ccccc2C(=O)N1CC1CCCNC1. The molecule has 0 saturated carbocycles. The van der Waals surface area contributed by atoms with Crippen molar-refractivity contribution in [3.8, 4) is 0 Å². The third-order valence-corrected chi connectivity index (χ3v) is 3.72. The van der Waals surface area contributed by atoms with Crippen molar-refractivity contribution >= 4 is 24.2 Å². The highest BCUT2D eigenvalue weighted by atomic mass is 35.5. The van der Waals surface area contributed by atoms with E-state index < -0.39 is 0 Å². The highest BCUT2D eigenvalue weighted by molar-refractivity contribution is 6.21. The molecule has 1 aromatic carbocycles. The van der Waals surface area contributed by atoms with Gasteiger partial charge in [-0.05, 0) is 44.0 Å². The monoisotopic (exact) mass is 280 g/mol. The second-order valence-corrected chi connectivity index (χ2v) is 4.98. The molecule has 0 spiro atoms. The van der Waals surface area contributed by atoms with Crippen molar-refractivity contribution in [3.05, 3.63) is 35.4 Å². The van der Waals surface area contributed by atoms with Crippen LogP contribution in [0, 0.1) is 5.92 Å². The van der Waals surface area contributed by atoms with Gasteiger partial charge in [0.25, 0.3) is 11.8 Å². The molecule has 2 amide bonds. The summed E-state index contributed by atoms with van der Waals surface area (Å²) in [6.07, 6.45) is 2.20. The Kier molecular flexibility index (Phi) is 4.22. The van der Waals surface area contributed by atoms with Crippen LogP contribution in [0.15, 0.2) is 24.3 Å². The average Bonchev–Trinajstić information content (AvgIpc) is 2.66. The maximum Gasteiger partial charge on any atom is 0.261 e. The first-order valence-electron chi connectivity index (χ1n) is 6.43. The van der Waals surface area contributed by atoms with Gasteiger partial charge in [-0.1, -0.05) is 12.1 Å². The smallest absolute Gasteiger partial charge is 0.261 e. The van der Waals surface area contributed by atoms with E-state index in [-0.39, 0.29) is 24.2 Å². The first-order chi connectivity index (χ1) is 8.77. The van der Waals surface area contributed by atoms with E-state index in [1.807, 2.05) is 0 Å². The topological polar surface area (TPSA) is 49.4 Å². The van der Waals surface area contributed by atoms with Crippen molar-refractivity contribution in [2.24, 2.45) is 5.92 Å². The Morgan fingerprint density at radius 3 is 2.32 bits per heavy atom. The molecule has 2 aliphatic rings. The molecule has 0 aliphatic carbocycles. The maximum atomic E-state index is 12.2. The molecule has 0 bridgehead atoms. The predicted molar refractivity (Wildman–Crippen MR) is 74.7 cm³/mol. The molecule has 0 aromatic heterocycles. The van der Waals surface area contributed by atoms with Gasteiger partial charge in [0, 0.05) is 6.54 Å². The largest absolute Gasteiger partial charge is 0.316 e. The van der Waals surface area contributed by atoms with Crippen LogP contribution in [0.2, 0.25) is 0 Å². The average molecular weight is 281 g/mol. The Morgan fingerprint density at radius 1 is 1.16 bits per heavy atom. The predicted octanol–water partition coefficient (Wildman–Crippen LogP) is 1.70. The van der Waals surface area contributed by atoms with E-state index in [4.69, 9.17) is 0 Å². The van der Waals surface area contributed by atoms with Crippen molar-refractivity contribution in [1.29, 1.82) is 0 Å². The van der Waals surface area contributed by atoms with Crippen LogP contribution in [0.5, 0.6) is 0 Å². The fourth-order valence-corrected chi connectivity index (χ4v) is 2.74. The Balaban J connectivity index is 0.00000133. The summed E-state index contributed by atoms with van der Waals surface area (Å²) in [6.45, 7) is 2.48. The normalized spacial score (nSPS) is 22.1. The molecule has 102 valence electrons. The number of nitrogens with zero attached hydrogens (tertiary/aromatic N) is 1. The molecule has 1 aromatic rings. The number of amides is 2. The molecule has 1 atom stereocenters. The van der Waals surface area contributed by atoms with Crippen molar-refractivity contribution < 1.29 is 9.59 Å². The number of nitrogens with one attached hydrogen (secondary N) is 1. The van der Waals surface area contributed by atoms with E-state index in [0.29, 0.717) is 23.6 Å². The van der Waals surface area contributed by atoms with E-state index in [1.165, 1.54) is 4.90 Å². The van der Waals surface area contributed by atoms with Gasteiger partial charge in [-0.2, -0.15) is 0 Å². The van der Waals surface area contributed by atoms with Gasteiger partial charge in [0.2, 0.25) is 0 Å². The lowest BCUT2D eigenvalue weighted by molar-refractivity contribution is 0.0621. The number of hydrogen-bond donors (Lipinski definition) is 1. The van der Waals surface area contributed by atoms with Crippen LogP contribution in [-0.2, 0) is 0 Å². The number of halogens is 1. The van der Waals surface area contributed by atoms with Gasteiger partial charge in [0.1, 0.15) is 0 Å². The molecule has 19 heavy (non-hydrogen) atoms. The lowest BCUT2D eigenvalue weighted by atomic mass is 9.99. The van der Waals surface area contributed by atoms with E-state index >= 15 is 0 Å². The minimum absolute atomic E-state index is 0. The lowest BCUT2D eigenvalue weighted by Crippen LogP contribution is -2.40. The lowest BCUT2D eigenvalue weighted by Gasteiger charge is -2.26. The second kappa shape index (κ2) is 5.72. The summed E-state index contributed by atoms with van der Waals surface area (Å²) < 4.78 is 0. The Morgan fingerprint density at radius 2 is 1.79 bits per heavy atom. The second-order valence-electron chi connectivity index (χ2n) is 4.98.